The van der Waals surface area contributed by atoms with Gasteiger partial charge < -0.3 is 19.2 Å². The largest absolute Gasteiger partial charge is 0.611 e. The Morgan fingerprint density at radius 3 is 2.67 bits per heavy atom. The molecule has 2 aromatic heterocycles. The summed E-state index contributed by atoms with van der Waals surface area (Å²) in [6.45, 7) is 3.50. The molecule has 8 nitrogen and oxygen atoms in total. The van der Waals surface area contributed by atoms with Crippen LogP contribution in [0.25, 0.3) is 11.5 Å². The lowest BCUT2D eigenvalue weighted by atomic mass is 9.97. The van der Waals surface area contributed by atoms with Crippen molar-refractivity contribution in [2.75, 3.05) is 29.1 Å². The maximum Gasteiger partial charge on any atom is 0.247 e. The number of anilines is 3. The molecule has 36 heavy (non-hydrogen) atoms. The van der Waals surface area contributed by atoms with Crippen LogP contribution in [0.15, 0.2) is 57.8 Å². The number of nitrogens with zero attached hydrogens (tertiary/aromatic N) is 5. The van der Waals surface area contributed by atoms with Crippen molar-refractivity contribution in [3.05, 3.63) is 71.5 Å². The standard InChI is InChI=1S/C26H25FN6O2S/c1-16-5-7-17(8-6-16)24-31-32-25(35-24)18-9-12-33(13-10-18)26-29-21-11-14-36(34)22(21)23(30-26)28-20-4-2-3-19(27)15-20/h2-8,15,18H,9-14H2,1H3,(H,28,29,30). The van der Waals surface area contributed by atoms with Crippen LogP contribution in [0.2, 0.25) is 0 Å². The Balaban J connectivity index is 1.19. The van der Waals surface area contributed by atoms with E-state index in [1.165, 1.54) is 17.7 Å². The smallest absolute Gasteiger partial charge is 0.247 e. The molecule has 0 radical (unpaired) electrons. The highest BCUT2D eigenvalue weighted by Crippen LogP contribution is 2.36. The molecule has 0 saturated carbocycles. The molecule has 0 spiro atoms. The van der Waals surface area contributed by atoms with Crippen molar-refractivity contribution in [3.8, 4) is 11.5 Å². The predicted octanol–water partition coefficient (Wildman–Crippen LogP) is 4.77. The lowest BCUT2D eigenvalue weighted by Gasteiger charge is -2.30. The van der Waals surface area contributed by atoms with E-state index in [4.69, 9.17) is 14.4 Å². The van der Waals surface area contributed by atoms with Gasteiger partial charge in [-0.2, -0.15) is 4.98 Å². The number of aromatic nitrogens is 4. The predicted molar refractivity (Wildman–Crippen MR) is 135 cm³/mol. The van der Waals surface area contributed by atoms with Gasteiger partial charge in [-0.3, -0.25) is 0 Å². The van der Waals surface area contributed by atoms with E-state index >= 15 is 0 Å². The Labute approximate surface area is 211 Å². The minimum atomic E-state index is -1.17. The first-order valence-corrected chi connectivity index (χ1v) is 13.3. The molecular weight excluding hydrogens is 479 g/mol. The third-order valence-electron chi connectivity index (χ3n) is 6.63. The van der Waals surface area contributed by atoms with E-state index in [0.29, 0.717) is 46.3 Å². The van der Waals surface area contributed by atoms with E-state index < -0.39 is 11.2 Å². The summed E-state index contributed by atoms with van der Waals surface area (Å²) in [5.41, 5.74) is 3.45. The third-order valence-corrected chi connectivity index (χ3v) is 8.09. The van der Waals surface area contributed by atoms with Crippen LogP contribution in [0.4, 0.5) is 21.8 Å². The van der Waals surface area contributed by atoms with Crippen LogP contribution in [0, 0.1) is 12.7 Å². The van der Waals surface area contributed by atoms with Crippen molar-refractivity contribution in [1.82, 2.24) is 20.2 Å². The van der Waals surface area contributed by atoms with Crippen molar-refractivity contribution < 1.29 is 13.4 Å². The minimum Gasteiger partial charge on any atom is -0.611 e. The lowest BCUT2D eigenvalue weighted by molar-refractivity contribution is 0.396. The van der Waals surface area contributed by atoms with Crippen molar-refractivity contribution in [2.24, 2.45) is 0 Å². The number of aryl methyl sites for hydroxylation is 2. The zero-order valence-electron chi connectivity index (χ0n) is 19.8. The molecule has 184 valence electrons. The van der Waals surface area contributed by atoms with Gasteiger partial charge in [0.25, 0.3) is 0 Å². The molecule has 1 unspecified atom stereocenters. The van der Waals surface area contributed by atoms with Crippen LogP contribution in [0.3, 0.4) is 0 Å². The number of hydrogen-bond donors (Lipinski definition) is 1. The van der Waals surface area contributed by atoms with Crippen LogP contribution < -0.4 is 10.2 Å². The topological polar surface area (TPSA) is 103 Å². The van der Waals surface area contributed by atoms with Gasteiger partial charge in [-0.25, -0.2) is 9.37 Å². The highest BCUT2D eigenvalue weighted by Gasteiger charge is 2.34. The zero-order valence-corrected chi connectivity index (χ0v) is 20.6. The van der Waals surface area contributed by atoms with E-state index in [-0.39, 0.29) is 11.7 Å². The molecule has 2 aliphatic rings. The normalized spacial score (nSPS) is 17.9. The second-order valence-electron chi connectivity index (χ2n) is 9.16. The van der Waals surface area contributed by atoms with E-state index in [1.54, 1.807) is 12.1 Å². The lowest BCUT2D eigenvalue weighted by Crippen LogP contribution is -2.34. The molecule has 1 saturated heterocycles. The molecule has 0 aliphatic carbocycles. The summed E-state index contributed by atoms with van der Waals surface area (Å²) in [5, 5.41) is 11.7. The average Bonchev–Trinajstić information content (AvgIpc) is 3.52. The maximum absolute atomic E-state index is 13.7. The minimum absolute atomic E-state index is 0.166. The van der Waals surface area contributed by atoms with Gasteiger partial charge in [0.1, 0.15) is 17.3 Å². The molecule has 10 heteroatoms. The van der Waals surface area contributed by atoms with Crippen molar-refractivity contribution >= 4 is 28.6 Å². The molecular formula is C26H25FN6O2S. The monoisotopic (exact) mass is 504 g/mol. The van der Waals surface area contributed by atoms with Gasteiger partial charge in [0.15, 0.2) is 5.82 Å². The maximum atomic E-state index is 13.7. The molecule has 1 fully saturated rings. The summed E-state index contributed by atoms with van der Waals surface area (Å²) in [4.78, 5) is 12.2. The van der Waals surface area contributed by atoms with Crippen LogP contribution in [-0.2, 0) is 17.6 Å². The van der Waals surface area contributed by atoms with Crippen LogP contribution in [-0.4, -0.2) is 43.6 Å². The number of halogens is 1. The van der Waals surface area contributed by atoms with Crippen molar-refractivity contribution in [3.63, 3.8) is 0 Å². The van der Waals surface area contributed by atoms with Gasteiger partial charge in [0.05, 0.1) is 0 Å². The van der Waals surface area contributed by atoms with E-state index in [0.717, 1.165) is 37.2 Å². The van der Waals surface area contributed by atoms with Gasteiger partial charge in [-0.15, -0.1) is 10.2 Å². The first kappa shape index (κ1) is 22.9. The summed E-state index contributed by atoms with van der Waals surface area (Å²) in [7, 11) is 0. The Bertz CT molecular complexity index is 1390. The van der Waals surface area contributed by atoms with Gasteiger partial charge in [0, 0.05) is 36.7 Å². The molecule has 0 bridgehead atoms. The summed E-state index contributed by atoms with van der Waals surface area (Å²) < 4.78 is 32.4. The highest BCUT2D eigenvalue weighted by molar-refractivity contribution is 7.91. The fraction of sp³-hybridized carbons (Fsp3) is 0.308. The Morgan fingerprint density at radius 1 is 1.08 bits per heavy atom. The first-order chi connectivity index (χ1) is 17.5. The van der Waals surface area contributed by atoms with Crippen molar-refractivity contribution in [1.29, 1.82) is 0 Å². The number of piperidine rings is 1. The molecule has 2 aliphatic heterocycles. The molecule has 2 aromatic carbocycles. The fourth-order valence-electron chi connectivity index (χ4n) is 4.65. The van der Waals surface area contributed by atoms with E-state index in [2.05, 4.69) is 20.4 Å². The molecule has 6 rings (SSSR count). The van der Waals surface area contributed by atoms with E-state index in [9.17, 15) is 8.94 Å². The Kier molecular flexibility index (Phi) is 6.06. The van der Waals surface area contributed by atoms with Gasteiger partial charge in [0.2, 0.25) is 22.6 Å². The quantitative estimate of drug-likeness (QED) is 0.388. The average molecular weight is 505 g/mol. The van der Waals surface area contributed by atoms with Crippen molar-refractivity contribution in [2.45, 2.75) is 37.0 Å². The summed E-state index contributed by atoms with van der Waals surface area (Å²) >= 11 is -1.17. The van der Waals surface area contributed by atoms with E-state index in [1.807, 2.05) is 31.2 Å². The second kappa shape index (κ2) is 9.51. The second-order valence-corrected chi connectivity index (χ2v) is 10.7. The highest BCUT2D eigenvalue weighted by atomic mass is 32.2. The molecule has 1 N–H and O–H groups in total. The number of rotatable bonds is 5. The first-order valence-electron chi connectivity index (χ1n) is 12.0. The molecule has 4 heterocycles. The van der Waals surface area contributed by atoms with Crippen LogP contribution in [0.5, 0.6) is 0 Å². The number of nitrogens with one attached hydrogen (secondary N) is 1. The summed E-state index contributed by atoms with van der Waals surface area (Å²) in [6, 6.07) is 14.2. The molecule has 0 amide bonds. The molecule has 4 aromatic rings. The zero-order chi connectivity index (χ0) is 24.6. The summed E-state index contributed by atoms with van der Waals surface area (Å²) in [5.74, 6) is 2.61. The Morgan fingerprint density at radius 2 is 1.89 bits per heavy atom. The molecule has 1 atom stereocenters. The summed E-state index contributed by atoms with van der Waals surface area (Å²) in [6.07, 6.45) is 2.29. The SMILES string of the molecule is Cc1ccc(-c2nnc(C3CCN(c4nc5c(c(Nc6cccc(F)c6)n4)[S+]([O-])CC5)CC3)o2)cc1. The van der Waals surface area contributed by atoms with Crippen LogP contribution >= 0.6 is 0 Å². The van der Waals surface area contributed by atoms with Crippen LogP contribution in [0.1, 0.15) is 35.9 Å². The van der Waals surface area contributed by atoms with Gasteiger partial charge >= 0.3 is 0 Å². The Hall–Kier alpha value is -3.50. The third kappa shape index (κ3) is 4.54. The number of fused-ring (bicyclic) bond motifs is 1. The number of benzene rings is 2. The number of hydrogen-bond acceptors (Lipinski definition) is 8. The van der Waals surface area contributed by atoms with Gasteiger partial charge in [-0.05, 0) is 61.3 Å². The fourth-order valence-corrected chi connectivity index (χ4v) is 5.96. The van der Waals surface area contributed by atoms with Gasteiger partial charge in [-0.1, -0.05) is 23.8 Å².